The predicted molar refractivity (Wildman–Crippen MR) is 103 cm³/mol. The number of piperazine rings is 1. The third-order valence-electron chi connectivity index (χ3n) is 5.40. The highest BCUT2D eigenvalue weighted by atomic mass is 19.1. The van der Waals surface area contributed by atoms with Gasteiger partial charge in [0.25, 0.3) is 0 Å². The summed E-state index contributed by atoms with van der Waals surface area (Å²) in [6.45, 7) is 4.66. The first-order chi connectivity index (χ1) is 13.1. The van der Waals surface area contributed by atoms with E-state index in [1.54, 1.807) is 6.07 Å². The molecule has 1 aromatic rings. The lowest BCUT2D eigenvalue weighted by atomic mass is 10.2. The molecule has 0 radical (unpaired) electrons. The molecule has 148 valence electrons. The number of carbonyl (C=O) groups excluding carboxylic acids is 2. The van der Waals surface area contributed by atoms with Gasteiger partial charge in [-0.15, -0.1) is 0 Å². The molecule has 1 saturated heterocycles. The molecule has 7 heteroatoms. The van der Waals surface area contributed by atoms with Crippen LogP contribution in [-0.4, -0.2) is 62.0 Å². The van der Waals surface area contributed by atoms with E-state index in [0.29, 0.717) is 12.2 Å². The monoisotopic (exact) mass is 376 g/mol. The fourth-order valence-electron chi connectivity index (χ4n) is 3.83. The van der Waals surface area contributed by atoms with Gasteiger partial charge in [0, 0.05) is 38.8 Å². The maximum Gasteiger partial charge on any atom is 0.309 e. The summed E-state index contributed by atoms with van der Waals surface area (Å²) in [6.07, 6.45) is 4.98. The Labute approximate surface area is 160 Å². The summed E-state index contributed by atoms with van der Waals surface area (Å²) in [5, 5.41) is 5.50. The molecular weight excluding hydrogens is 347 g/mol. The third kappa shape index (κ3) is 5.66. The molecule has 1 aromatic carbocycles. The third-order valence-corrected chi connectivity index (χ3v) is 5.40. The van der Waals surface area contributed by atoms with Gasteiger partial charge in [0.05, 0.1) is 5.69 Å². The number of amides is 2. The van der Waals surface area contributed by atoms with Crippen molar-refractivity contribution in [1.82, 2.24) is 15.5 Å². The molecule has 0 spiro atoms. The molecule has 1 aliphatic heterocycles. The quantitative estimate of drug-likeness (QED) is 0.584. The van der Waals surface area contributed by atoms with Crippen molar-refractivity contribution >= 4 is 17.5 Å². The molecular formula is C20H29FN4O2. The first-order valence-corrected chi connectivity index (χ1v) is 9.94. The first-order valence-electron chi connectivity index (χ1n) is 9.94. The van der Waals surface area contributed by atoms with E-state index in [0.717, 1.165) is 64.8 Å². The molecule has 2 amide bonds. The smallest absolute Gasteiger partial charge is 0.309 e. The minimum Gasteiger partial charge on any atom is -0.367 e. The van der Waals surface area contributed by atoms with Crippen LogP contribution in [0.15, 0.2) is 24.3 Å². The number of carbonyl (C=O) groups is 2. The summed E-state index contributed by atoms with van der Waals surface area (Å²) >= 11 is 0. The largest absolute Gasteiger partial charge is 0.367 e. The number of hydrogen-bond acceptors (Lipinski definition) is 4. The number of halogens is 1. The maximum absolute atomic E-state index is 13.9. The Hall–Kier alpha value is -2.15. The second kappa shape index (κ2) is 9.69. The molecule has 3 rings (SSSR count). The summed E-state index contributed by atoms with van der Waals surface area (Å²) in [5.41, 5.74) is 0.665. The topological polar surface area (TPSA) is 64.7 Å². The Kier molecular flexibility index (Phi) is 7.04. The number of anilines is 1. The van der Waals surface area contributed by atoms with Crippen LogP contribution in [0.25, 0.3) is 0 Å². The van der Waals surface area contributed by atoms with Crippen LogP contribution in [0.5, 0.6) is 0 Å². The van der Waals surface area contributed by atoms with E-state index in [4.69, 9.17) is 0 Å². The lowest BCUT2D eigenvalue weighted by Gasteiger charge is -2.36. The molecule has 1 saturated carbocycles. The molecule has 0 atom stereocenters. The molecule has 27 heavy (non-hydrogen) atoms. The van der Waals surface area contributed by atoms with Crippen LogP contribution < -0.4 is 15.5 Å². The number of hydrogen-bond donors (Lipinski definition) is 2. The highest BCUT2D eigenvalue weighted by Crippen LogP contribution is 2.20. The normalized spacial score (nSPS) is 18.5. The zero-order chi connectivity index (χ0) is 19.1. The number of rotatable bonds is 6. The van der Waals surface area contributed by atoms with Crippen molar-refractivity contribution in [3.63, 3.8) is 0 Å². The Balaban J connectivity index is 1.29. The lowest BCUT2D eigenvalue weighted by molar-refractivity contribution is -0.139. The van der Waals surface area contributed by atoms with Crippen molar-refractivity contribution < 1.29 is 14.0 Å². The van der Waals surface area contributed by atoms with Gasteiger partial charge >= 0.3 is 11.8 Å². The van der Waals surface area contributed by atoms with Crippen LogP contribution in [0.1, 0.15) is 32.1 Å². The Morgan fingerprint density at radius 1 is 1.04 bits per heavy atom. The predicted octanol–water partition coefficient (Wildman–Crippen LogP) is 1.51. The highest BCUT2D eigenvalue weighted by Gasteiger charge is 2.21. The van der Waals surface area contributed by atoms with Crippen LogP contribution in [0.4, 0.5) is 10.1 Å². The minimum atomic E-state index is -0.536. The van der Waals surface area contributed by atoms with Crippen molar-refractivity contribution in [2.75, 3.05) is 44.2 Å². The summed E-state index contributed by atoms with van der Waals surface area (Å²) in [4.78, 5) is 28.0. The average Bonchev–Trinajstić information content (AvgIpc) is 3.19. The van der Waals surface area contributed by atoms with E-state index in [9.17, 15) is 14.0 Å². The van der Waals surface area contributed by atoms with E-state index in [2.05, 4.69) is 20.4 Å². The molecule has 6 nitrogen and oxygen atoms in total. The van der Waals surface area contributed by atoms with Gasteiger partial charge in [0.1, 0.15) is 5.82 Å². The van der Waals surface area contributed by atoms with Crippen LogP contribution in [0, 0.1) is 5.82 Å². The Morgan fingerprint density at radius 2 is 1.74 bits per heavy atom. The second-order valence-electron chi connectivity index (χ2n) is 7.34. The summed E-state index contributed by atoms with van der Waals surface area (Å²) in [5.74, 6) is -1.23. The van der Waals surface area contributed by atoms with E-state index in [1.807, 2.05) is 12.1 Å². The molecule has 2 N–H and O–H groups in total. The van der Waals surface area contributed by atoms with Gasteiger partial charge in [-0.25, -0.2) is 4.39 Å². The summed E-state index contributed by atoms with van der Waals surface area (Å²) in [6, 6.07) is 7.03. The Morgan fingerprint density at radius 3 is 2.44 bits per heavy atom. The maximum atomic E-state index is 13.9. The van der Waals surface area contributed by atoms with Gasteiger partial charge in [0.2, 0.25) is 0 Å². The number of nitrogens with one attached hydrogen (secondary N) is 2. The molecule has 2 aliphatic rings. The van der Waals surface area contributed by atoms with Crippen molar-refractivity contribution in [1.29, 1.82) is 0 Å². The van der Waals surface area contributed by atoms with Gasteiger partial charge < -0.3 is 15.5 Å². The van der Waals surface area contributed by atoms with Crippen LogP contribution >= 0.6 is 0 Å². The standard InChI is InChI=1S/C20H29FN4O2/c21-17-8-3-4-9-18(17)25-14-12-24(13-15-25)11-5-10-22-19(26)20(27)23-16-6-1-2-7-16/h3-4,8-9,16H,1-2,5-7,10-15H2,(H,22,26)(H,23,27). The van der Waals surface area contributed by atoms with Gasteiger partial charge in [-0.2, -0.15) is 0 Å². The number of benzene rings is 1. The Bertz CT molecular complexity index is 641. The van der Waals surface area contributed by atoms with E-state index in [1.165, 1.54) is 6.07 Å². The fraction of sp³-hybridized carbons (Fsp3) is 0.600. The molecule has 0 bridgehead atoms. The second-order valence-corrected chi connectivity index (χ2v) is 7.34. The van der Waals surface area contributed by atoms with E-state index in [-0.39, 0.29) is 11.9 Å². The summed E-state index contributed by atoms with van der Waals surface area (Å²) in [7, 11) is 0. The SMILES string of the molecule is O=C(NCCCN1CCN(c2ccccc2F)CC1)C(=O)NC1CCCC1. The summed E-state index contributed by atoms with van der Waals surface area (Å²) < 4.78 is 13.9. The molecule has 1 heterocycles. The van der Waals surface area contributed by atoms with Gasteiger partial charge in [-0.05, 0) is 37.9 Å². The van der Waals surface area contributed by atoms with Crippen molar-refractivity contribution in [2.45, 2.75) is 38.1 Å². The van der Waals surface area contributed by atoms with Crippen LogP contribution in [0.2, 0.25) is 0 Å². The van der Waals surface area contributed by atoms with Gasteiger partial charge in [0.15, 0.2) is 0 Å². The molecule has 0 aromatic heterocycles. The van der Waals surface area contributed by atoms with Crippen molar-refractivity contribution in [3.05, 3.63) is 30.1 Å². The zero-order valence-corrected chi connectivity index (χ0v) is 15.8. The fourth-order valence-corrected chi connectivity index (χ4v) is 3.83. The molecule has 0 unspecified atom stereocenters. The first kappa shape index (κ1) is 19.6. The van der Waals surface area contributed by atoms with Crippen LogP contribution in [-0.2, 0) is 9.59 Å². The van der Waals surface area contributed by atoms with Crippen molar-refractivity contribution in [2.24, 2.45) is 0 Å². The number of nitrogens with zero attached hydrogens (tertiary/aromatic N) is 2. The minimum absolute atomic E-state index is 0.161. The van der Waals surface area contributed by atoms with Crippen molar-refractivity contribution in [3.8, 4) is 0 Å². The van der Waals surface area contributed by atoms with E-state index >= 15 is 0 Å². The van der Waals surface area contributed by atoms with Gasteiger partial charge in [-0.3, -0.25) is 14.5 Å². The van der Waals surface area contributed by atoms with E-state index < -0.39 is 11.8 Å². The zero-order valence-electron chi connectivity index (χ0n) is 15.8. The van der Waals surface area contributed by atoms with Crippen LogP contribution in [0.3, 0.4) is 0 Å². The lowest BCUT2D eigenvalue weighted by Crippen LogP contribution is -2.47. The molecule has 2 fully saturated rings. The molecule has 1 aliphatic carbocycles. The number of para-hydroxylation sites is 1. The average molecular weight is 376 g/mol. The highest BCUT2D eigenvalue weighted by molar-refractivity contribution is 6.35. The van der Waals surface area contributed by atoms with Gasteiger partial charge in [-0.1, -0.05) is 25.0 Å².